The van der Waals surface area contributed by atoms with Crippen molar-refractivity contribution in [2.75, 3.05) is 0 Å². The second-order valence-electron chi connectivity index (χ2n) is 4.50. The predicted octanol–water partition coefficient (Wildman–Crippen LogP) is 2.81. The van der Waals surface area contributed by atoms with Crippen LogP contribution < -0.4 is 0 Å². The van der Waals surface area contributed by atoms with Gasteiger partial charge in [-0.3, -0.25) is 4.79 Å². The van der Waals surface area contributed by atoms with E-state index in [0.717, 1.165) is 23.0 Å². The summed E-state index contributed by atoms with van der Waals surface area (Å²) in [5.74, 6) is 0. The fourth-order valence-corrected chi connectivity index (χ4v) is 2.15. The molecular formula is C16H13N3O. The van der Waals surface area contributed by atoms with E-state index in [-0.39, 0.29) is 0 Å². The summed E-state index contributed by atoms with van der Waals surface area (Å²) in [7, 11) is 0. The van der Waals surface area contributed by atoms with Gasteiger partial charge in [0.25, 0.3) is 0 Å². The van der Waals surface area contributed by atoms with E-state index in [1.807, 2.05) is 48.5 Å². The molecule has 4 nitrogen and oxygen atoms in total. The molecule has 0 saturated heterocycles. The molecule has 0 aliphatic heterocycles. The van der Waals surface area contributed by atoms with E-state index in [1.165, 1.54) is 6.33 Å². The van der Waals surface area contributed by atoms with Crippen LogP contribution >= 0.6 is 0 Å². The average molecular weight is 263 g/mol. The van der Waals surface area contributed by atoms with Gasteiger partial charge in [0, 0.05) is 5.56 Å². The first-order valence-corrected chi connectivity index (χ1v) is 6.33. The van der Waals surface area contributed by atoms with Crippen LogP contribution in [0.3, 0.4) is 0 Å². The van der Waals surface area contributed by atoms with Crippen LogP contribution in [0.25, 0.3) is 11.1 Å². The molecule has 0 atom stereocenters. The highest BCUT2D eigenvalue weighted by Gasteiger charge is 2.04. The molecule has 98 valence electrons. The van der Waals surface area contributed by atoms with E-state index < -0.39 is 0 Å². The molecule has 3 aromatic rings. The van der Waals surface area contributed by atoms with Gasteiger partial charge in [0.1, 0.15) is 12.7 Å². The predicted molar refractivity (Wildman–Crippen MR) is 76.4 cm³/mol. The average Bonchev–Trinajstić information content (AvgIpc) is 3.01. The molecule has 0 aliphatic rings. The number of carbonyl (C=O) groups is 1. The number of rotatable bonds is 4. The van der Waals surface area contributed by atoms with Gasteiger partial charge in [0.15, 0.2) is 6.29 Å². The van der Waals surface area contributed by atoms with Crippen molar-refractivity contribution in [1.29, 1.82) is 0 Å². The number of carbonyl (C=O) groups excluding carboxylic acids is 1. The maximum atomic E-state index is 11.1. The Balaban J connectivity index is 1.87. The van der Waals surface area contributed by atoms with Gasteiger partial charge in [0.2, 0.25) is 0 Å². The molecule has 2 aromatic carbocycles. The Morgan fingerprint density at radius 3 is 2.55 bits per heavy atom. The largest absolute Gasteiger partial charge is 0.298 e. The van der Waals surface area contributed by atoms with Crippen molar-refractivity contribution in [3.8, 4) is 11.1 Å². The fraction of sp³-hybridized carbons (Fsp3) is 0.0625. The molecule has 20 heavy (non-hydrogen) atoms. The summed E-state index contributed by atoms with van der Waals surface area (Å²) in [5.41, 5.74) is 3.84. The summed E-state index contributed by atoms with van der Waals surface area (Å²) in [5, 5.41) is 4.08. The highest BCUT2D eigenvalue weighted by Crippen LogP contribution is 2.23. The van der Waals surface area contributed by atoms with Gasteiger partial charge in [-0.15, -0.1) is 0 Å². The lowest BCUT2D eigenvalue weighted by atomic mass is 9.99. The maximum Gasteiger partial charge on any atom is 0.150 e. The van der Waals surface area contributed by atoms with Gasteiger partial charge in [0.05, 0.1) is 6.54 Å². The van der Waals surface area contributed by atoms with Gasteiger partial charge in [-0.1, -0.05) is 48.5 Å². The Morgan fingerprint density at radius 1 is 1.05 bits per heavy atom. The smallest absolute Gasteiger partial charge is 0.150 e. The minimum Gasteiger partial charge on any atom is -0.298 e. The SMILES string of the molecule is O=Cc1ccccc1-c1ccc(Cn2cncn2)cc1. The second-order valence-corrected chi connectivity index (χ2v) is 4.50. The topological polar surface area (TPSA) is 47.8 Å². The van der Waals surface area contributed by atoms with E-state index in [1.54, 1.807) is 11.0 Å². The van der Waals surface area contributed by atoms with Crippen LogP contribution in [0.4, 0.5) is 0 Å². The molecule has 0 bridgehead atoms. The fourth-order valence-electron chi connectivity index (χ4n) is 2.15. The van der Waals surface area contributed by atoms with E-state index in [9.17, 15) is 4.79 Å². The van der Waals surface area contributed by atoms with Gasteiger partial charge in [-0.25, -0.2) is 9.67 Å². The summed E-state index contributed by atoms with van der Waals surface area (Å²) < 4.78 is 1.77. The summed E-state index contributed by atoms with van der Waals surface area (Å²) in [4.78, 5) is 15.0. The lowest BCUT2D eigenvalue weighted by Crippen LogP contribution is -1.99. The molecule has 3 rings (SSSR count). The number of nitrogens with zero attached hydrogens (tertiary/aromatic N) is 3. The Morgan fingerprint density at radius 2 is 1.85 bits per heavy atom. The van der Waals surface area contributed by atoms with Crippen molar-refractivity contribution in [1.82, 2.24) is 14.8 Å². The lowest BCUT2D eigenvalue weighted by Gasteiger charge is -2.06. The van der Waals surface area contributed by atoms with Crippen molar-refractivity contribution in [2.24, 2.45) is 0 Å². The van der Waals surface area contributed by atoms with Gasteiger partial charge in [-0.2, -0.15) is 5.10 Å². The minimum absolute atomic E-state index is 0.690. The number of hydrogen-bond acceptors (Lipinski definition) is 3. The molecule has 0 saturated carbocycles. The van der Waals surface area contributed by atoms with Crippen molar-refractivity contribution in [2.45, 2.75) is 6.54 Å². The third-order valence-corrected chi connectivity index (χ3v) is 3.16. The molecule has 0 amide bonds. The third-order valence-electron chi connectivity index (χ3n) is 3.16. The van der Waals surface area contributed by atoms with Crippen LogP contribution in [0, 0.1) is 0 Å². The lowest BCUT2D eigenvalue weighted by molar-refractivity contribution is 0.112. The zero-order chi connectivity index (χ0) is 13.8. The quantitative estimate of drug-likeness (QED) is 0.680. The summed E-state index contributed by atoms with van der Waals surface area (Å²) >= 11 is 0. The van der Waals surface area contributed by atoms with Crippen molar-refractivity contribution >= 4 is 6.29 Å². The van der Waals surface area contributed by atoms with Crippen molar-refractivity contribution < 1.29 is 4.79 Å². The van der Waals surface area contributed by atoms with Crippen LogP contribution in [0.1, 0.15) is 15.9 Å². The molecule has 0 aliphatic carbocycles. The van der Waals surface area contributed by atoms with E-state index in [4.69, 9.17) is 0 Å². The van der Waals surface area contributed by atoms with Crippen LogP contribution in [0.15, 0.2) is 61.2 Å². The maximum absolute atomic E-state index is 11.1. The second kappa shape index (κ2) is 5.48. The van der Waals surface area contributed by atoms with Crippen molar-refractivity contribution in [3.63, 3.8) is 0 Å². The molecule has 0 spiro atoms. The van der Waals surface area contributed by atoms with E-state index in [0.29, 0.717) is 12.1 Å². The molecule has 1 heterocycles. The highest BCUT2D eigenvalue weighted by molar-refractivity contribution is 5.87. The first-order valence-electron chi connectivity index (χ1n) is 6.33. The minimum atomic E-state index is 0.690. The zero-order valence-corrected chi connectivity index (χ0v) is 10.8. The Bertz CT molecular complexity index is 703. The number of hydrogen-bond donors (Lipinski definition) is 0. The summed E-state index contributed by atoms with van der Waals surface area (Å²) in [6.45, 7) is 0.690. The number of aromatic nitrogens is 3. The Hall–Kier alpha value is -2.75. The summed E-state index contributed by atoms with van der Waals surface area (Å²) in [6.07, 6.45) is 4.10. The zero-order valence-electron chi connectivity index (χ0n) is 10.8. The van der Waals surface area contributed by atoms with Crippen molar-refractivity contribution in [3.05, 3.63) is 72.3 Å². The van der Waals surface area contributed by atoms with Gasteiger partial charge in [-0.05, 0) is 16.7 Å². The Kier molecular flexibility index (Phi) is 3.37. The van der Waals surface area contributed by atoms with Gasteiger partial charge >= 0.3 is 0 Å². The first-order chi connectivity index (χ1) is 9.86. The number of aldehydes is 1. The molecule has 0 N–H and O–H groups in total. The van der Waals surface area contributed by atoms with E-state index in [2.05, 4.69) is 10.1 Å². The molecular weight excluding hydrogens is 250 g/mol. The highest BCUT2D eigenvalue weighted by atomic mass is 16.1. The van der Waals surface area contributed by atoms with Crippen LogP contribution in [-0.2, 0) is 6.54 Å². The monoisotopic (exact) mass is 263 g/mol. The first kappa shape index (κ1) is 12.3. The van der Waals surface area contributed by atoms with Gasteiger partial charge < -0.3 is 0 Å². The van der Waals surface area contributed by atoms with Crippen LogP contribution in [-0.4, -0.2) is 21.1 Å². The standard InChI is InChI=1S/C16H13N3O/c20-10-15-3-1-2-4-16(15)14-7-5-13(6-8-14)9-19-12-17-11-18-19/h1-8,10-12H,9H2. The molecule has 0 fully saturated rings. The van der Waals surface area contributed by atoms with Crippen LogP contribution in [0.5, 0.6) is 0 Å². The third kappa shape index (κ3) is 2.49. The van der Waals surface area contributed by atoms with E-state index >= 15 is 0 Å². The molecule has 4 heteroatoms. The summed E-state index contributed by atoms with van der Waals surface area (Å²) in [6, 6.07) is 15.7. The Labute approximate surface area is 116 Å². The molecule has 1 aromatic heterocycles. The molecule has 0 unspecified atom stereocenters. The van der Waals surface area contributed by atoms with Crippen LogP contribution in [0.2, 0.25) is 0 Å². The normalized spacial score (nSPS) is 10.4. The number of benzene rings is 2. The molecule has 0 radical (unpaired) electrons.